The molecule has 0 spiro atoms. The average Bonchev–Trinajstić information content (AvgIpc) is 2.66. The topological polar surface area (TPSA) is 49.0 Å². The summed E-state index contributed by atoms with van der Waals surface area (Å²) < 4.78 is 0. The maximum atomic E-state index is 9.43. The molecule has 4 heteroatoms. The van der Waals surface area contributed by atoms with Crippen LogP contribution in [-0.4, -0.2) is 35.4 Å². The summed E-state index contributed by atoms with van der Waals surface area (Å²) in [7, 11) is 3.38. The smallest absolute Gasteiger partial charge is 0.209 e. The van der Waals surface area contributed by atoms with E-state index in [1.54, 1.807) is 20.4 Å². The number of H-pyrrole nitrogens is 1. The molecule has 0 aliphatic rings. The Morgan fingerprint density at radius 3 is 2.57 bits per heavy atom. The molecule has 0 radical (unpaired) electrons. The molecule has 1 aromatic carbocycles. The van der Waals surface area contributed by atoms with E-state index in [1.807, 2.05) is 24.3 Å². The third kappa shape index (κ3) is 2.90. The Hall–Kier alpha value is -1.84. The van der Waals surface area contributed by atoms with E-state index in [9.17, 15) is 4.79 Å². The number of aromatic amines is 1. The number of imidazole rings is 1. The van der Waals surface area contributed by atoms with E-state index in [2.05, 4.69) is 9.97 Å². The number of fused-ring (bicyclic) bond motifs is 1. The number of carbonyl (C=O) groups excluding carboxylic acids is 1. The molecule has 0 fully saturated rings. The second-order valence-corrected chi connectivity index (χ2v) is 2.99. The van der Waals surface area contributed by atoms with Crippen molar-refractivity contribution < 1.29 is 4.79 Å². The molecule has 1 heterocycles. The Morgan fingerprint density at radius 2 is 2.00 bits per heavy atom. The van der Waals surface area contributed by atoms with E-state index < -0.39 is 0 Å². The first-order valence-corrected chi connectivity index (χ1v) is 4.24. The van der Waals surface area contributed by atoms with Crippen LogP contribution in [0.1, 0.15) is 0 Å². The number of amides is 1. The van der Waals surface area contributed by atoms with Gasteiger partial charge in [-0.25, -0.2) is 4.98 Å². The van der Waals surface area contributed by atoms with Crippen molar-refractivity contribution in [3.63, 3.8) is 0 Å². The van der Waals surface area contributed by atoms with Crippen molar-refractivity contribution in [3.8, 4) is 0 Å². The molecule has 74 valence electrons. The average molecular weight is 191 g/mol. The third-order valence-electron chi connectivity index (χ3n) is 1.54. The third-order valence-corrected chi connectivity index (χ3v) is 1.54. The molecule has 1 aromatic heterocycles. The molecule has 0 saturated heterocycles. The van der Waals surface area contributed by atoms with Gasteiger partial charge in [0, 0.05) is 14.1 Å². The highest BCUT2D eigenvalue weighted by Gasteiger charge is 1.88. The highest BCUT2D eigenvalue weighted by Crippen LogP contribution is 2.05. The lowest BCUT2D eigenvalue weighted by molar-refractivity contribution is -0.115. The molecule has 0 atom stereocenters. The number of hydrogen-bond donors (Lipinski definition) is 1. The minimum Gasteiger partial charge on any atom is -0.351 e. The SMILES string of the molecule is CN(C)C=O.c1ccc2[nH]cnc2c1. The van der Waals surface area contributed by atoms with E-state index in [0.29, 0.717) is 0 Å². The lowest BCUT2D eigenvalue weighted by Crippen LogP contribution is -2.06. The highest BCUT2D eigenvalue weighted by atomic mass is 16.1. The van der Waals surface area contributed by atoms with Crippen molar-refractivity contribution >= 4 is 17.4 Å². The molecule has 1 amide bonds. The zero-order valence-electron chi connectivity index (χ0n) is 8.27. The summed E-state index contributed by atoms with van der Waals surface area (Å²) in [6, 6.07) is 7.94. The van der Waals surface area contributed by atoms with Gasteiger partial charge in [-0.3, -0.25) is 4.79 Å². The summed E-state index contributed by atoms with van der Waals surface area (Å²) in [5, 5.41) is 0. The first-order chi connectivity index (χ1) is 6.74. The molecule has 0 bridgehead atoms. The lowest BCUT2D eigenvalue weighted by atomic mass is 10.3. The quantitative estimate of drug-likeness (QED) is 0.690. The van der Waals surface area contributed by atoms with Gasteiger partial charge in [-0.15, -0.1) is 0 Å². The van der Waals surface area contributed by atoms with Crippen molar-refractivity contribution in [1.82, 2.24) is 14.9 Å². The largest absolute Gasteiger partial charge is 0.351 e. The van der Waals surface area contributed by atoms with Crippen LogP contribution in [0.4, 0.5) is 0 Å². The Bertz CT molecular complexity index is 365. The van der Waals surface area contributed by atoms with Crippen LogP contribution in [0.2, 0.25) is 0 Å². The van der Waals surface area contributed by atoms with Crippen LogP contribution in [0.15, 0.2) is 30.6 Å². The summed E-state index contributed by atoms with van der Waals surface area (Å²) in [5.74, 6) is 0. The standard InChI is InChI=1S/C7H6N2.C3H7NO/c1-2-4-7-6(3-1)8-5-9-7;1-4(2)3-5/h1-5H,(H,8,9);3H,1-2H3. The summed E-state index contributed by atoms with van der Waals surface area (Å²) in [5.41, 5.74) is 2.12. The second kappa shape index (κ2) is 5.01. The van der Waals surface area contributed by atoms with Crippen molar-refractivity contribution in [1.29, 1.82) is 0 Å². The Labute approximate surface area is 82.6 Å². The normalized spacial score (nSPS) is 9.00. The molecule has 4 nitrogen and oxygen atoms in total. The van der Waals surface area contributed by atoms with Gasteiger partial charge in [-0.1, -0.05) is 12.1 Å². The van der Waals surface area contributed by atoms with Crippen LogP contribution in [-0.2, 0) is 4.79 Å². The van der Waals surface area contributed by atoms with E-state index in [4.69, 9.17) is 0 Å². The minimum absolute atomic E-state index is 0.750. The molecule has 0 saturated carbocycles. The van der Waals surface area contributed by atoms with Crippen molar-refractivity contribution in [2.45, 2.75) is 0 Å². The molecule has 2 rings (SSSR count). The number of nitrogens with one attached hydrogen (secondary N) is 1. The monoisotopic (exact) mass is 191 g/mol. The maximum Gasteiger partial charge on any atom is 0.209 e. The van der Waals surface area contributed by atoms with Gasteiger partial charge in [0.2, 0.25) is 6.41 Å². The van der Waals surface area contributed by atoms with Crippen LogP contribution >= 0.6 is 0 Å². The predicted molar refractivity (Wildman–Crippen MR) is 55.8 cm³/mol. The Balaban J connectivity index is 0.000000171. The van der Waals surface area contributed by atoms with Gasteiger partial charge in [0.25, 0.3) is 0 Å². The van der Waals surface area contributed by atoms with E-state index in [1.165, 1.54) is 4.90 Å². The van der Waals surface area contributed by atoms with Gasteiger partial charge in [-0.05, 0) is 12.1 Å². The number of nitrogens with zero attached hydrogens (tertiary/aromatic N) is 2. The number of para-hydroxylation sites is 2. The van der Waals surface area contributed by atoms with Gasteiger partial charge in [0.1, 0.15) is 0 Å². The molecule has 0 aliphatic heterocycles. The maximum absolute atomic E-state index is 9.43. The van der Waals surface area contributed by atoms with Gasteiger partial charge in [0.15, 0.2) is 0 Å². The Morgan fingerprint density at radius 1 is 1.36 bits per heavy atom. The summed E-state index contributed by atoms with van der Waals surface area (Å²) in [4.78, 5) is 17.9. The summed E-state index contributed by atoms with van der Waals surface area (Å²) in [6.07, 6.45) is 2.45. The number of benzene rings is 1. The highest BCUT2D eigenvalue weighted by molar-refractivity contribution is 5.73. The van der Waals surface area contributed by atoms with Crippen LogP contribution < -0.4 is 0 Å². The van der Waals surface area contributed by atoms with E-state index >= 15 is 0 Å². The van der Waals surface area contributed by atoms with E-state index in [0.717, 1.165) is 17.4 Å². The minimum atomic E-state index is 0.750. The predicted octanol–water partition coefficient (Wildman–Crippen LogP) is 1.27. The number of carbonyl (C=O) groups is 1. The van der Waals surface area contributed by atoms with Crippen molar-refractivity contribution in [2.75, 3.05) is 14.1 Å². The lowest BCUT2D eigenvalue weighted by Gasteiger charge is -1.93. The van der Waals surface area contributed by atoms with E-state index in [-0.39, 0.29) is 0 Å². The molecular weight excluding hydrogens is 178 g/mol. The first-order valence-electron chi connectivity index (χ1n) is 4.24. The molecular formula is C10H13N3O. The zero-order chi connectivity index (χ0) is 10.4. The van der Waals surface area contributed by atoms with Crippen LogP contribution in [0.5, 0.6) is 0 Å². The van der Waals surface area contributed by atoms with Crippen molar-refractivity contribution in [3.05, 3.63) is 30.6 Å². The summed E-state index contributed by atoms with van der Waals surface area (Å²) in [6.45, 7) is 0. The van der Waals surface area contributed by atoms with Gasteiger partial charge in [0.05, 0.1) is 17.4 Å². The molecule has 14 heavy (non-hydrogen) atoms. The van der Waals surface area contributed by atoms with Gasteiger partial charge >= 0.3 is 0 Å². The first kappa shape index (κ1) is 10.2. The molecule has 1 N–H and O–H groups in total. The fourth-order valence-corrected chi connectivity index (χ4v) is 0.880. The van der Waals surface area contributed by atoms with Crippen LogP contribution in [0, 0.1) is 0 Å². The summed E-state index contributed by atoms with van der Waals surface area (Å²) >= 11 is 0. The number of rotatable bonds is 1. The second-order valence-electron chi connectivity index (χ2n) is 2.99. The molecule has 0 unspecified atom stereocenters. The fourth-order valence-electron chi connectivity index (χ4n) is 0.880. The van der Waals surface area contributed by atoms with Crippen molar-refractivity contribution in [2.24, 2.45) is 0 Å². The van der Waals surface area contributed by atoms with Gasteiger partial charge < -0.3 is 9.88 Å². The Kier molecular flexibility index (Phi) is 3.67. The van der Waals surface area contributed by atoms with Crippen LogP contribution in [0.25, 0.3) is 11.0 Å². The van der Waals surface area contributed by atoms with Crippen LogP contribution in [0.3, 0.4) is 0 Å². The number of hydrogen-bond acceptors (Lipinski definition) is 2. The molecule has 2 aromatic rings. The molecule has 0 aliphatic carbocycles. The van der Waals surface area contributed by atoms with Gasteiger partial charge in [-0.2, -0.15) is 0 Å². The number of aromatic nitrogens is 2. The zero-order valence-corrected chi connectivity index (χ0v) is 8.27. The fraction of sp³-hybridized carbons (Fsp3) is 0.200.